The molecule has 1 aliphatic rings. The van der Waals surface area contributed by atoms with Crippen LogP contribution in [-0.2, 0) is 0 Å². The molecule has 0 amide bonds. The predicted molar refractivity (Wildman–Crippen MR) is 75.4 cm³/mol. The topological polar surface area (TPSA) is 29.3 Å². The number of likely N-dealkylation sites (tertiary alicyclic amines) is 1. The summed E-state index contributed by atoms with van der Waals surface area (Å²) in [5.74, 6) is -0.271. The average Bonchev–Trinajstić information content (AvgIpc) is 2.73. The molecule has 0 saturated carbocycles. The van der Waals surface area contributed by atoms with Crippen molar-refractivity contribution in [2.45, 2.75) is 32.4 Å². The minimum atomic E-state index is -0.388. The number of hydrogen-bond donors (Lipinski definition) is 1. The van der Waals surface area contributed by atoms with Gasteiger partial charge in [-0.15, -0.1) is 12.4 Å². The zero-order valence-corrected chi connectivity index (χ0v) is 12.1. The number of rotatable bonds is 3. The maximum atomic E-state index is 13.8. The van der Waals surface area contributed by atoms with E-state index in [2.05, 4.69) is 11.8 Å². The van der Waals surface area contributed by atoms with Gasteiger partial charge >= 0.3 is 0 Å². The van der Waals surface area contributed by atoms with E-state index >= 15 is 0 Å². The molecule has 2 rings (SSSR count). The highest BCUT2D eigenvalue weighted by atomic mass is 35.5. The quantitative estimate of drug-likeness (QED) is 0.927. The van der Waals surface area contributed by atoms with Crippen LogP contribution in [0.25, 0.3) is 0 Å². The first kappa shape index (κ1) is 16.3. The molecule has 1 heterocycles. The summed E-state index contributed by atoms with van der Waals surface area (Å²) in [4.78, 5) is 2.20. The third-order valence-electron chi connectivity index (χ3n) is 3.95. The highest BCUT2D eigenvalue weighted by Crippen LogP contribution is 2.32. The standard InChI is InChI=1S/C14H20F2N2.ClH/c1-9-5-11(7-17)8-18(9)10(2)13-6-12(15)3-4-14(13)16;/h3-4,6,9-11H,5,7-8,17H2,1-2H3;1H. The highest BCUT2D eigenvalue weighted by Gasteiger charge is 2.32. The van der Waals surface area contributed by atoms with E-state index in [9.17, 15) is 8.78 Å². The lowest BCUT2D eigenvalue weighted by molar-refractivity contribution is 0.196. The van der Waals surface area contributed by atoms with Crippen molar-refractivity contribution in [3.05, 3.63) is 35.4 Å². The third kappa shape index (κ3) is 3.44. The van der Waals surface area contributed by atoms with Crippen LogP contribution in [0, 0.1) is 17.6 Å². The zero-order chi connectivity index (χ0) is 13.3. The Labute approximate surface area is 119 Å². The molecule has 19 heavy (non-hydrogen) atoms. The van der Waals surface area contributed by atoms with E-state index in [0.29, 0.717) is 24.1 Å². The van der Waals surface area contributed by atoms with Crippen LogP contribution in [0.4, 0.5) is 8.78 Å². The van der Waals surface area contributed by atoms with E-state index < -0.39 is 0 Å². The van der Waals surface area contributed by atoms with Crippen LogP contribution in [0.5, 0.6) is 0 Å². The second-order valence-corrected chi connectivity index (χ2v) is 5.23. The first-order valence-corrected chi connectivity index (χ1v) is 6.43. The monoisotopic (exact) mass is 290 g/mol. The molecule has 3 atom stereocenters. The average molecular weight is 291 g/mol. The van der Waals surface area contributed by atoms with Crippen LogP contribution >= 0.6 is 12.4 Å². The van der Waals surface area contributed by atoms with Gasteiger partial charge in [0.1, 0.15) is 11.6 Å². The Hall–Kier alpha value is -0.710. The summed E-state index contributed by atoms with van der Waals surface area (Å²) in [5, 5.41) is 0. The maximum Gasteiger partial charge on any atom is 0.128 e. The normalized spacial score (nSPS) is 25.1. The van der Waals surface area contributed by atoms with Crippen molar-refractivity contribution in [1.82, 2.24) is 4.90 Å². The van der Waals surface area contributed by atoms with Gasteiger partial charge in [-0.3, -0.25) is 4.90 Å². The van der Waals surface area contributed by atoms with Gasteiger partial charge in [0, 0.05) is 24.2 Å². The van der Waals surface area contributed by atoms with Crippen LogP contribution in [0.15, 0.2) is 18.2 Å². The molecule has 108 valence electrons. The summed E-state index contributed by atoms with van der Waals surface area (Å²) >= 11 is 0. The summed E-state index contributed by atoms with van der Waals surface area (Å²) in [6, 6.07) is 3.88. The van der Waals surface area contributed by atoms with Gasteiger partial charge in [-0.2, -0.15) is 0 Å². The van der Waals surface area contributed by atoms with Gasteiger partial charge in [0.25, 0.3) is 0 Å². The van der Waals surface area contributed by atoms with Gasteiger partial charge in [0.05, 0.1) is 0 Å². The van der Waals surface area contributed by atoms with Crippen LogP contribution in [0.2, 0.25) is 0 Å². The largest absolute Gasteiger partial charge is 0.330 e. The van der Waals surface area contributed by atoms with Crippen molar-refractivity contribution in [2.75, 3.05) is 13.1 Å². The van der Waals surface area contributed by atoms with E-state index in [-0.39, 0.29) is 30.1 Å². The van der Waals surface area contributed by atoms with Gasteiger partial charge in [-0.1, -0.05) is 0 Å². The lowest BCUT2D eigenvalue weighted by Crippen LogP contribution is -2.31. The smallest absolute Gasteiger partial charge is 0.128 e. The zero-order valence-electron chi connectivity index (χ0n) is 11.3. The molecule has 1 aliphatic heterocycles. The SMILES string of the molecule is CC1CC(CN)CN1C(C)c1cc(F)ccc1F.Cl. The minimum Gasteiger partial charge on any atom is -0.330 e. The van der Waals surface area contributed by atoms with E-state index in [0.717, 1.165) is 19.0 Å². The van der Waals surface area contributed by atoms with Gasteiger partial charge in [-0.25, -0.2) is 8.78 Å². The number of nitrogens with zero attached hydrogens (tertiary/aromatic N) is 1. The van der Waals surface area contributed by atoms with E-state index in [4.69, 9.17) is 5.73 Å². The second kappa shape index (κ2) is 6.64. The van der Waals surface area contributed by atoms with Crippen LogP contribution < -0.4 is 5.73 Å². The number of halogens is 3. The van der Waals surface area contributed by atoms with Gasteiger partial charge < -0.3 is 5.73 Å². The highest BCUT2D eigenvalue weighted by molar-refractivity contribution is 5.85. The molecular formula is C14H21ClF2N2. The molecule has 5 heteroatoms. The molecule has 1 aromatic rings. The molecule has 0 radical (unpaired) electrons. The summed E-state index contributed by atoms with van der Waals surface area (Å²) < 4.78 is 27.0. The van der Waals surface area contributed by atoms with E-state index in [1.54, 1.807) is 0 Å². The number of nitrogens with two attached hydrogens (primary N) is 1. The molecule has 3 unspecified atom stereocenters. The molecule has 0 aromatic heterocycles. The first-order valence-electron chi connectivity index (χ1n) is 6.43. The Balaban J connectivity index is 0.00000180. The Morgan fingerprint density at radius 1 is 1.42 bits per heavy atom. The summed E-state index contributed by atoms with van der Waals surface area (Å²) in [5.41, 5.74) is 6.12. The molecule has 1 saturated heterocycles. The summed E-state index contributed by atoms with van der Waals surface area (Å²) in [6.45, 7) is 5.55. The fourth-order valence-corrected chi connectivity index (χ4v) is 2.89. The predicted octanol–water partition coefficient (Wildman–Crippen LogP) is 3.12. The van der Waals surface area contributed by atoms with E-state index in [1.165, 1.54) is 12.1 Å². The van der Waals surface area contributed by atoms with Gasteiger partial charge in [0.2, 0.25) is 0 Å². The molecule has 0 aliphatic carbocycles. The fourth-order valence-electron chi connectivity index (χ4n) is 2.89. The molecule has 0 spiro atoms. The van der Waals surface area contributed by atoms with Crippen molar-refractivity contribution in [3.8, 4) is 0 Å². The molecular weight excluding hydrogens is 270 g/mol. The van der Waals surface area contributed by atoms with Crippen LogP contribution in [-0.4, -0.2) is 24.0 Å². The molecule has 2 nitrogen and oxygen atoms in total. The Bertz CT molecular complexity index is 428. The number of benzene rings is 1. The lowest BCUT2D eigenvalue weighted by Gasteiger charge is -2.29. The Morgan fingerprint density at radius 3 is 2.68 bits per heavy atom. The maximum absolute atomic E-state index is 13.8. The van der Waals surface area contributed by atoms with Crippen molar-refractivity contribution in [1.29, 1.82) is 0 Å². The van der Waals surface area contributed by atoms with Crippen LogP contribution in [0.3, 0.4) is 0 Å². The first-order chi connectivity index (χ1) is 8.52. The fraction of sp³-hybridized carbons (Fsp3) is 0.571. The Morgan fingerprint density at radius 2 is 2.11 bits per heavy atom. The summed E-state index contributed by atoms with van der Waals surface area (Å²) in [6.07, 6.45) is 1.03. The molecule has 2 N–H and O–H groups in total. The van der Waals surface area contributed by atoms with Crippen molar-refractivity contribution < 1.29 is 8.78 Å². The van der Waals surface area contributed by atoms with Crippen LogP contribution in [0.1, 0.15) is 31.9 Å². The second-order valence-electron chi connectivity index (χ2n) is 5.23. The van der Waals surface area contributed by atoms with Crippen molar-refractivity contribution in [3.63, 3.8) is 0 Å². The van der Waals surface area contributed by atoms with Gasteiger partial charge in [0.15, 0.2) is 0 Å². The van der Waals surface area contributed by atoms with Crippen molar-refractivity contribution in [2.24, 2.45) is 11.7 Å². The lowest BCUT2D eigenvalue weighted by atomic mass is 10.1. The third-order valence-corrected chi connectivity index (χ3v) is 3.95. The van der Waals surface area contributed by atoms with E-state index in [1.807, 2.05) is 6.92 Å². The molecule has 0 bridgehead atoms. The van der Waals surface area contributed by atoms with Crippen molar-refractivity contribution >= 4 is 12.4 Å². The molecule has 1 fully saturated rings. The number of hydrogen-bond acceptors (Lipinski definition) is 2. The van der Waals surface area contributed by atoms with Gasteiger partial charge in [-0.05, 0) is 50.9 Å². The minimum absolute atomic E-state index is 0. The molecule has 1 aromatic carbocycles. The summed E-state index contributed by atoms with van der Waals surface area (Å²) in [7, 11) is 0. The Kier molecular flexibility index (Phi) is 5.71.